The van der Waals surface area contributed by atoms with Gasteiger partial charge in [0.05, 0.1) is 11.8 Å². The Morgan fingerprint density at radius 2 is 2.19 bits per heavy atom. The third-order valence-corrected chi connectivity index (χ3v) is 3.86. The molecule has 6 nitrogen and oxygen atoms in total. The van der Waals surface area contributed by atoms with Gasteiger partial charge in [-0.25, -0.2) is 0 Å². The van der Waals surface area contributed by atoms with Crippen molar-refractivity contribution in [1.29, 1.82) is 0 Å². The van der Waals surface area contributed by atoms with E-state index in [0.29, 0.717) is 18.1 Å². The smallest absolute Gasteiger partial charge is 0.310 e. The summed E-state index contributed by atoms with van der Waals surface area (Å²) in [6.07, 6.45) is 2.39. The van der Waals surface area contributed by atoms with Crippen LogP contribution in [0.4, 0.5) is 0 Å². The molecule has 0 spiro atoms. The van der Waals surface area contributed by atoms with Crippen LogP contribution in [0.2, 0.25) is 0 Å². The zero-order chi connectivity index (χ0) is 15.5. The lowest BCUT2D eigenvalue weighted by Crippen LogP contribution is -2.35. The molecule has 0 aliphatic rings. The van der Waals surface area contributed by atoms with Crippen molar-refractivity contribution in [2.75, 3.05) is 0 Å². The van der Waals surface area contributed by atoms with Crippen LogP contribution >= 0.6 is 0 Å². The van der Waals surface area contributed by atoms with Gasteiger partial charge in [0.1, 0.15) is 0 Å². The highest BCUT2D eigenvalue weighted by Gasteiger charge is 2.38. The number of hydrogen-bond donors (Lipinski definition) is 1. The van der Waals surface area contributed by atoms with Gasteiger partial charge in [0.2, 0.25) is 5.89 Å². The summed E-state index contributed by atoms with van der Waals surface area (Å²) in [5.74, 6) is -0.0390. The molecule has 21 heavy (non-hydrogen) atoms. The van der Waals surface area contributed by atoms with Crippen LogP contribution < -0.4 is 0 Å². The van der Waals surface area contributed by atoms with Crippen LogP contribution in [0.25, 0.3) is 0 Å². The lowest BCUT2D eigenvalue weighted by atomic mass is 9.76. The Hall–Kier alpha value is -2.24. The van der Waals surface area contributed by atoms with Crippen molar-refractivity contribution in [3.63, 3.8) is 0 Å². The maximum absolute atomic E-state index is 11.5. The van der Waals surface area contributed by atoms with Crippen LogP contribution in [0.15, 0.2) is 28.9 Å². The minimum Gasteiger partial charge on any atom is -0.481 e. The Morgan fingerprint density at radius 3 is 2.76 bits per heavy atom. The molecule has 1 unspecified atom stereocenters. The highest BCUT2D eigenvalue weighted by molar-refractivity contribution is 5.74. The van der Waals surface area contributed by atoms with Crippen molar-refractivity contribution in [1.82, 2.24) is 15.1 Å². The number of nitrogens with zero attached hydrogens (tertiary/aromatic N) is 3. The number of aliphatic carboxylic acids is 1. The molecule has 112 valence electrons. The zero-order valence-electron chi connectivity index (χ0n) is 12.4. The summed E-state index contributed by atoms with van der Waals surface area (Å²) in [6, 6.07) is 5.61. The zero-order valence-corrected chi connectivity index (χ0v) is 12.4. The molecule has 0 radical (unpaired) electrons. The van der Waals surface area contributed by atoms with Crippen molar-refractivity contribution in [3.8, 4) is 0 Å². The minimum atomic E-state index is -0.922. The topological polar surface area (TPSA) is 89.1 Å². The predicted molar refractivity (Wildman–Crippen MR) is 75.6 cm³/mol. The van der Waals surface area contributed by atoms with Crippen molar-refractivity contribution in [2.24, 2.45) is 11.3 Å². The first-order valence-electron chi connectivity index (χ1n) is 6.86. The Morgan fingerprint density at radius 1 is 1.43 bits per heavy atom. The number of carboxylic acids is 1. The van der Waals surface area contributed by atoms with Crippen LogP contribution in [-0.4, -0.2) is 26.2 Å². The molecule has 1 N–H and O–H groups in total. The summed E-state index contributed by atoms with van der Waals surface area (Å²) in [7, 11) is 0. The van der Waals surface area contributed by atoms with E-state index in [-0.39, 0.29) is 12.3 Å². The average molecular weight is 289 g/mol. The van der Waals surface area contributed by atoms with Crippen LogP contribution in [0.3, 0.4) is 0 Å². The summed E-state index contributed by atoms with van der Waals surface area (Å²) >= 11 is 0. The summed E-state index contributed by atoms with van der Waals surface area (Å²) < 4.78 is 5.18. The third kappa shape index (κ3) is 3.45. The molecule has 1 atom stereocenters. The third-order valence-electron chi connectivity index (χ3n) is 3.86. The van der Waals surface area contributed by atoms with Gasteiger partial charge in [0.15, 0.2) is 5.82 Å². The quantitative estimate of drug-likeness (QED) is 0.878. The van der Waals surface area contributed by atoms with E-state index in [0.717, 1.165) is 5.69 Å². The van der Waals surface area contributed by atoms with E-state index >= 15 is 0 Å². The molecule has 0 bridgehead atoms. The highest BCUT2D eigenvalue weighted by Crippen LogP contribution is 2.31. The SMILES string of the molecule is CC(C)C(C)(Cc1nc(Cc2ccccn2)no1)C(=O)O. The number of pyridine rings is 1. The molecule has 2 aromatic rings. The Bertz CT molecular complexity index is 610. The van der Waals surface area contributed by atoms with Crippen molar-refractivity contribution < 1.29 is 14.4 Å². The lowest BCUT2D eigenvalue weighted by Gasteiger charge is -2.27. The Labute approximate surface area is 123 Å². The number of aromatic nitrogens is 3. The van der Waals surface area contributed by atoms with Crippen LogP contribution in [0.1, 0.15) is 38.2 Å². The van der Waals surface area contributed by atoms with Gasteiger partial charge >= 0.3 is 5.97 Å². The summed E-state index contributed by atoms with van der Waals surface area (Å²) in [5.41, 5.74) is -0.0795. The van der Waals surface area contributed by atoms with E-state index in [1.54, 1.807) is 13.1 Å². The van der Waals surface area contributed by atoms with Gasteiger partial charge in [-0.1, -0.05) is 25.1 Å². The number of carbonyl (C=O) groups is 1. The summed E-state index contributed by atoms with van der Waals surface area (Å²) in [4.78, 5) is 19.9. The monoisotopic (exact) mass is 289 g/mol. The van der Waals surface area contributed by atoms with Gasteiger partial charge < -0.3 is 9.63 Å². The fourth-order valence-corrected chi connectivity index (χ4v) is 1.94. The number of hydrogen-bond acceptors (Lipinski definition) is 5. The normalized spacial score (nSPS) is 14.1. The van der Waals surface area contributed by atoms with Gasteiger partial charge in [0, 0.05) is 18.3 Å². The summed E-state index contributed by atoms with van der Waals surface area (Å²) in [5, 5.41) is 13.3. The van der Waals surface area contributed by atoms with E-state index in [4.69, 9.17) is 4.52 Å². The first-order chi connectivity index (χ1) is 9.91. The van der Waals surface area contributed by atoms with Crippen molar-refractivity contribution in [2.45, 2.75) is 33.6 Å². The molecule has 0 fully saturated rings. The fourth-order valence-electron chi connectivity index (χ4n) is 1.94. The van der Waals surface area contributed by atoms with E-state index in [1.165, 1.54) is 0 Å². The number of rotatable bonds is 6. The van der Waals surface area contributed by atoms with Crippen LogP contribution in [-0.2, 0) is 17.6 Å². The standard InChI is InChI=1S/C15H19N3O3/c1-10(2)15(3,14(19)20)9-13-17-12(18-21-13)8-11-6-4-5-7-16-11/h4-7,10H,8-9H2,1-3H3,(H,19,20). The molecule has 0 aliphatic carbocycles. The minimum absolute atomic E-state index is 0.0406. The summed E-state index contributed by atoms with van der Waals surface area (Å²) in [6.45, 7) is 5.45. The Kier molecular flexibility index (Phi) is 4.35. The molecule has 0 saturated heterocycles. The van der Waals surface area contributed by atoms with Crippen LogP contribution in [0.5, 0.6) is 0 Å². The van der Waals surface area contributed by atoms with E-state index in [1.807, 2.05) is 32.0 Å². The first kappa shape index (κ1) is 15.2. The molecule has 0 aliphatic heterocycles. The number of carboxylic acid groups (broad SMARTS) is 1. The molecule has 2 rings (SSSR count). The van der Waals surface area contributed by atoms with Crippen LogP contribution in [0, 0.1) is 11.3 Å². The van der Waals surface area contributed by atoms with E-state index < -0.39 is 11.4 Å². The van der Waals surface area contributed by atoms with E-state index in [2.05, 4.69) is 15.1 Å². The molecule has 6 heteroatoms. The predicted octanol–water partition coefficient (Wildman–Crippen LogP) is 2.34. The van der Waals surface area contributed by atoms with Crippen molar-refractivity contribution in [3.05, 3.63) is 41.8 Å². The second-order valence-electron chi connectivity index (χ2n) is 5.66. The molecule has 0 saturated carbocycles. The van der Waals surface area contributed by atoms with E-state index in [9.17, 15) is 9.90 Å². The van der Waals surface area contributed by atoms with Gasteiger partial charge in [0.25, 0.3) is 0 Å². The molecule has 0 aromatic carbocycles. The lowest BCUT2D eigenvalue weighted by molar-refractivity contribution is -0.150. The Balaban J connectivity index is 2.11. The van der Waals surface area contributed by atoms with Crippen molar-refractivity contribution >= 4 is 5.97 Å². The van der Waals surface area contributed by atoms with Gasteiger partial charge in [-0.05, 0) is 25.0 Å². The molecular formula is C15H19N3O3. The molecule has 0 amide bonds. The first-order valence-corrected chi connectivity index (χ1v) is 6.86. The van der Waals surface area contributed by atoms with Gasteiger partial charge in [-0.2, -0.15) is 4.98 Å². The highest BCUT2D eigenvalue weighted by atomic mass is 16.5. The second-order valence-corrected chi connectivity index (χ2v) is 5.66. The second kappa shape index (κ2) is 6.03. The molecule has 2 heterocycles. The average Bonchev–Trinajstić information content (AvgIpc) is 2.86. The van der Waals surface area contributed by atoms with Gasteiger partial charge in [-0.3, -0.25) is 9.78 Å². The molecular weight excluding hydrogens is 270 g/mol. The van der Waals surface area contributed by atoms with Gasteiger partial charge in [-0.15, -0.1) is 0 Å². The largest absolute Gasteiger partial charge is 0.481 e. The molecule has 2 aromatic heterocycles. The maximum atomic E-state index is 11.5. The fraction of sp³-hybridized carbons (Fsp3) is 0.467. The maximum Gasteiger partial charge on any atom is 0.310 e.